The molecule has 0 aromatic heterocycles. The van der Waals surface area contributed by atoms with Crippen molar-refractivity contribution in [3.8, 4) is 18.1 Å². The molecule has 3 rings (SSSR count). The average Bonchev–Trinajstić information content (AvgIpc) is 3.36. The van der Waals surface area contributed by atoms with Gasteiger partial charge in [-0.2, -0.15) is 0 Å². The van der Waals surface area contributed by atoms with Crippen LogP contribution in [0.25, 0.3) is 0 Å². The maximum absolute atomic E-state index is 10.3. The van der Waals surface area contributed by atoms with Crippen LogP contribution in [-0.4, -0.2) is 74.7 Å². The number of carboxylic acid groups (broad SMARTS) is 3. The van der Waals surface area contributed by atoms with Gasteiger partial charge in [-0.15, -0.1) is 6.42 Å². The summed E-state index contributed by atoms with van der Waals surface area (Å²) in [6.45, 7) is 3.81. The molecule has 1 saturated heterocycles. The predicted octanol–water partition coefficient (Wildman–Crippen LogP) is 2.63. The van der Waals surface area contributed by atoms with Crippen molar-refractivity contribution < 1.29 is 44.3 Å². The molecule has 4 N–H and O–H groups in total. The molecular weight excluding hydrogens is 494 g/mol. The fourth-order valence-electron chi connectivity index (χ4n) is 3.95. The summed E-state index contributed by atoms with van der Waals surface area (Å²) in [5.41, 5.74) is -0.272. The zero-order valence-corrected chi connectivity index (χ0v) is 21.0. The summed E-state index contributed by atoms with van der Waals surface area (Å²) in [4.78, 5) is 32.9. The first-order valence-corrected chi connectivity index (χ1v) is 12.0. The van der Waals surface area contributed by atoms with E-state index in [1.165, 1.54) is 5.56 Å². The Balaban J connectivity index is 0.000000332. The summed E-state index contributed by atoms with van der Waals surface area (Å²) >= 11 is 0. The van der Waals surface area contributed by atoms with E-state index in [0.717, 1.165) is 50.4 Å². The molecule has 10 heteroatoms. The largest absolute Gasteiger partial charge is 0.481 e. The topological polar surface area (TPSA) is 154 Å². The molecule has 1 aliphatic heterocycles. The maximum Gasteiger partial charge on any atom is 0.336 e. The highest BCUT2D eigenvalue weighted by Gasteiger charge is 2.40. The van der Waals surface area contributed by atoms with E-state index in [1.807, 2.05) is 18.2 Å². The van der Waals surface area contributed by atoms with E-state index in [0.29, 0.717) is 12.7 Å². The first-order valence-electron chi connectivity index (χ1n) is 12.0. The first-order chi connectivity index (χ1) is 18.1. The number of benzene rings is 2. The van der Waals surface area contributed by atoms with Gasteiger partial charge in [-0.25, -0.2) is 4.79 Å². The third-order valence-corrected chi connectivity index (χ3v) is 5.70. The minimum atomic E-state index is -2.74. The summed E-state index contributed by atoms with van der Waals surface area (Å²) < 4.78 is 11.6. The molecule has 0 amide bonds. The summed E-state index contributed by atoms with van der Waals surface area (Å²) in [7, 11) is 0. The lowest BCUT2D eigenvalue weighted by atomic mass is 9.96. The van der Waals surface area contributed by atoms with E-state index in [2.05, 4.69) is 47.2 Å². The van der Waals surface area contributed by atoms with Gasteiger partial charge >= 0.3 is 17.9 Å². The Kier molecular flexibility index (Phi) is 12.3. The third-order valence-electron chi connectivity index (χ3n) is 5.70. The van der Waals surface area contributed by atoms with Gasteiger partial charge in [0, 0.05) is 31.8 Å². The molecule has 38 heavy (non-hydrogen) atoms. The van der Waals surface area contributed by atoms with Crippen LogP contribution in [0.1, 0.15) is 36.8 Å². The van der Waals surface area contributed by atoms with Crippen LogP contribution in [0.15, 0.2) is 54.6 Å². The Labute approximate surface area is 221 Å². The molecule has 0 bridgehead atoms. The van der Waals surface area contributed by atoms with Crippen molar-refractivity contribution in [1.29, 1.82) is 0 Å². The van der Waals surface area contributed by atoms with Crippen LogP contribution in [0.3, 0.4) is 0 Å². The number of terminal acetylenes is 1. The van der Waals surface area contributed by atoms with Crippen LogP contribution in [0.2, 0.25) is 0 Å². The number of rotatable bonds is 13. The van der Waals surface area contributed by atoms with Gasteiger partial charge < -0.3 is 29.9 Å². The van der Waals surface area contributed by atoms with Crippen molar-refractivity contribution >= 4 is 17.9 Å². The van der Waals surface area contributed by atoms with Gasteiger partial charge in [0.05, 0.1) is 18.9 Å². The van der Waals surface area contributed by atoms with Crippen LogP contribution < -0.4 is 4.74 Å². The van der Waals surface area contributed by atoms with E-state index in [4.69, 9.17) is 36.3 Å². The number of carbonyl (C=O) groups is 3. The fraction of sp³-hybridized carbons (Fsp3) is 0.393. The van der Waals surface area contributed by atoms with Crippen LogP contribution in [-0.2, 0) is 32.2 Å². The van der Waals surface area contributed by atoms with Crippen LogP contribution >= 0.6 is 0 Å². The van der Waals surface area contributed by atoms with E-state index in [9.17, 15) is 14.4 Å². The van der Waals surface area contributed by atoms with Crippen molar-refractivity contribution in [2.45, 2.75) is 50.5 Å². The Bertz CT molecular complexity index is 1080. The minimum Gasteiger partial charge on any atom is -0.481 e. The smallest absolute Gasteiger partial charge is 0.336 e. The first kappa shape index (κ1) is 30.3. The molecule has 0 radical (unpaired) electrons. The summed E-state index contributed by atoms with van der Waals surface area (Å²) in [5.74, 6) is -1.61. The van der Waals surface area contributed by atoms with Gasteiger partial charge in [-0.3, -0.25) is 14.5 Å². The van der Waals surface area contributed by atoms with E-state index in [-0.39, 0.29) is 0 Å². The molecule has 1 heterocycles. The SMILES string of the molecule is C#CCOc1ccccc1CN(Cc1ccccc1)CC1CCCO1.O=C(O)CC(O)(CC(=O)O)C(=O)O. The number of para-hydroxylation sites is 1. The van der Waals surface area contributed by atoms with Gasteiger partial charge in [-0.05, 0) is 24.5 Å². The monoisotopic (exact) mass is 527 g/mol. The summed E-state index contributed by atoms with van der Waals surface area (Å²) in [6, 6.07) is 18.7. The number of carboxylic acids is 3. The van der Waals surface area contributed by atoms with E-state index in [1.54, 1.807) is 0 Å². The van der Waals surface area contributed by atoms with Crippen molar-refractivity contribution in [2.24, 2.45) is 0 Å². The Hall–Kier alpha value is -3.91. The lowest BCUT2D eigenvalue weighted by Crippen LogP contribution is -2.42. The van der Waals surface area contributed by atoms with Crippen LogP contribution in [0.5, 0.6) is 5.75 Å². The normalized spacial score (nSPS) is 14.7. The lowest BCUT2D eigenvalue weighted by Gasteiger charge is -2.26. The molecule has 0 aliphatic carbocycles. The molecule has 1 fully saturated rings. The fourth-order valence-corrected chi connectivity index (χ4v) is 3.95. The highest BCUT2D eigenvalue weighted by atomic mass is 16.5. The molecular formula is C28H33NO9. The molecule has 1 unspecified atom stereocenters. The van der Waals surface area contributed by atoms with Gasteiger partial charge in [0.1, 0.15) is 12.4 Å². The molecule has 0 spiro atoms. The highest BCUT2D eigenvalue weighted by Crippen LogP contribution is 2.23. The van der Waals surface area contributed by atoms with E-state index >= 15 is 0 Å². The number of ether oxygens (including phenoxy) is 2. The number of aliphatic hydroxyl groups is 1. The Morgan fingerprint density at radius 1 is 1.00 bits per heavy atom. The van der Waals surface area contributed by atoms with Gasteiger partial charge in [0.25, 0.3) is 0 Å². The van der Waals surface area contributed by atoms with Crippen molar-refractivity contribution in [3.63, 3.8) is 0 Å². The number of hydrogen-bond acceptors (Lipinski definition) is 7. The number of nitrogens with zero attached hydrogens (tertiary/aromatic N) is 1. The van der Waals surface area contributed by atoms with Crippen molar-refractivity contribution in [3.05, 3.63) is 65.7 Å². The zero-order chi connectivity index (χ0) is 28.0. The Morgan fingerprint density at radius 2 is 1.63 bits per heavy atom. The maximum atomic E-state index is 10.3. The quantitative estimate of drug-likeness (QED) is 0.286. The second-order valence-electron chi connectivity index (χ2n) is 8.87. The second kappa shape index (κ2) is 15.4. The van der Waals surface area contributed by atoms with Crippen LogP contribution in [0.4, 0.5) is 0 Å². The number of hydrogen-bond donors (Lipinski definition) is 4. The molecule has 204 valence electrons. The number of aliphatic carboxylic acids is 3. The standard InChI is InChI=1S/C22H25NO2.C6H8O7/c1-2-14-25-22-13-7-6-11-20(22)17-23(18-21-12-8-15-24-21)16-19-9-4-3-5-10-19;7-3(8)1-6(13,5(11)12)2-4(9)10/h1,3-7,9-11,13,21H,8,12,14-18H2;13H,1-2H2,(H,7,8)(H,9,10)(H,11,12). The van der Waals surface area contributed by atoms with Crippen molar-refractivity contribution in [2.75, 3.05) is 19.8 Å². The van der Waals surface area contributed by atoms with Gasteiger partial charge in [-0.1, -0.05) is 54.5 Å². The molecule has 2 aromatic rings. The summed E-state index contributed by atoms with van der Waals surface area (Å²) in [5, 5.41) is 33.8. The van der Waals surface area contributed by atoms with E-state index < -0.39 is 36.4 Å². The Morgan fingerprint density at radius 3 is 2.18 bits per heavy atom. The minimum absolute atomic E-state index is 0.293. The zero-order valence-electron chi connectivity index (χ0n) is 21.0. The van der Waals surface area contributed by atoms with Crippen LogP contribution in [0, 0.1) is 12.3 Å². The van der Waals surface area contributed by atoms with Crippen molar-refractivity contribution in [1.82, 2.24) is 4.90 Å². The lowest BCUT2D eigenvalue weighted by molar-refractivity contribution is -0.170. The molecule has 10 nitrogen and oxygen atoms in total. The highest BCUT2D eigenvalue weighted by molar-refractivity contribution is 5.88. The average molecular weight is 528 g/mol. The molecule has 2 aromatic carbocycles. The second-order valence-corrected chi connectivity index (χ2v) is 8.87. The van der Waals surface area contributed by atoms with Gasteiger partial charge in [0.15, 0.2) is 5.60 Å². The molecule has 1 aliphatic rings. The third kappa shape index (κ3) is 10.6. The summed E-state index contributed by atoms with van der Waals surface area (Å²) in [6.07, 6.45) is 5.67. The molecule has 0 saturated carbocycles. The molecule has 1 atom stereocenters. The van der Waals surface area contributed by atoms with Gasteiger partial charge in [0.2, 0.25) is 0 Å². The predicted molar refractivity (Wildman–Crippen MR) is 137 cm³/mol.